The van der Waals surface area contributed by atoms with Gasteiger partial charge in [0, 0.05) is 32.9 Å². The van der Waals surface area contributed by atoms with Gasteiger partial charge >= 0.3 is 0 Å². The Balaban J connectivity index is 1.91. The predicted molar refractivity (Wildman–Crippen MR) is 75.7 cm³/mol. The van der Waals surface area contributed by atoms with E-state index >= 15 is 0 Å². The fourth-order valence-electron chi connectivity index (χ4n) is 1.83. The van der Waals surface area contributed by atoms with E-state index in [4.69, 9.17) is 0 Å². The average molecular weight is 287 g/mol. The zero-order valence-electron chi connectivity index (χ0n) is 9.07. The molecule has 84 valence electrons. The Bertz CT molecular complexity index is 641. The molecule has 0 atom stereocenters. The molecular formula is C14H11BrN2. The van der Waals surface area contributed by atoms with Crippen LogP contribution in [0.25, 0.3) is 10.9 Å². The van der Waals surface area contributed by atoms with Crippen molar-refractivity contribution in [3.63, 3.8) is 0 Å². The summed E-state index contributed by atoms with van der Waals surface area (Å²) in [6.45, 7) is 0. The molecule has 2 N–H and O–H groups in total. The third-order valence-corrected chi connectivity index (χ3v) is 3.21. The number of anilines is 2. The van der Waals surface area contributed by atoms with Crippen molar-refractivity contribution >= 4 is 38.2 Å². The number of aromatic amines is 1. The van der Waals surface area contributed by atoms with Gasteiger partial charge in [-0.2, -0.15) is 0 Å². The van der Waals surface area contributed by atoms with Crippen LogP contribution in [0.1, 0.15) is 0 Å². The summed E-state index contributed by atoms with van der Waals surface area (Å²) >= 11 is 3.43. The van der Waals surface area contributed by atoms with Gasteiger partial charge in [0.15, 0.2) is 0 Å². The molecule has 17 heavy (non-hydrogen) atoms. The largest absolute Gasteiger partial charge is 0.361 e. The van der Waals surface area contributed by atoms with Gasteiger partial charge in [0.2, 0.25) is 0 Å². The Kier molecular flexibility index (Phi) is 2.61. The van der Waals surface area contributed by atoms with Crippen LogP contribution in [0.3, 0.4) is 0 Å². The topological polar surface area (TPSA) is 27.8 Å². The minimum absolute atomic E-state index is 1.09. The number of hydrogen-bond acceptors (Lipinski definition) is 1. The molecule has 3 rings (SSSR count). The Morgan fingerprint density at radius 3 is 2.47 bits per heavy atom. The molecule has 0 aliphatic heterocycles. The minimum atomic E-state index is 1.09. The number of H-pyrrole nitrogens is 1. The minimum Gasteiger partial charge on any atom is -0.361 e. The highest BCUT2D eigenvalue weighted by Crippen LogP contribution is 2.22. The molecular weight excluding hydrogens is 276 g/mol. The molecule has 0 amide bonds. The maximum atomic E-state index is 3.43. The molecule has 0 aliphatic carbocycles. The van der Waals surface area contributed by atoms with E-state index in [1.165, 1.54) is 5.39 Å². The fraction of sp³-hybridized carbons (Fsp3) is 0. The van der Waals surface area contributed by atoms with E-state index in [-0.39, 0.29) is 0 Å². The fourth-order valence-corrected chi connectivity index (χ4v) is 2.10. The van der Waals surface area contributed by atoms with Gasteiger partial charge in [0.05, 0.1) is 0 Å². The van der Waals surface area contributed by atoms with Crippen LogP contribution in [0.4, 0.5) is 11.4 Å². The lowest BCUT2D eigenvalue weighted by Crippen LogP contribution is -1.89. The first-order chi connectivity index (χ1) is 8.31. The van der Waals surface area contributed by atoms with E-state index in [1.807, 2.05) is 30.5 Å². The number of nitrogens with one attached hydrogen (secondary N) is 2. The molecule has 0 radical (unpaired) electrons. The van der Waals surface area contributed by atoms with Gasteiger partial charge in [-0.25, -0.2) is 0 Å². The number of aromatic nitrogens is 1. The molecule has 2 nitrogen and oxygen atoms in total. The van der Waals surface area contributed by atoms with Crippen LogP contribution in [0.2, 0.25) is 0 Å². The van der Waals surface area contributed by atoms with Crippen molar-refractivity contribution in [1.82, 2.24) is 4.98 Å². The van der Waals surface area contributed by atoms with Crippen LogP contribution in [0, 0.1) is 0 Å². The normalized spacial score (nSPS) is 10.6. The maximum Gasteiger partial charge on any atom is 0.0455 e. The van der Waals surface area contributed by atoms with Gasteiger partial charge in [-0.1, -0.05) is 15.9 Å². The first-order valence-electron chi connectivity index (χ1n) is 5.41. The highest BCUT2D eigenvalue weighted by molar-refractivity contribution is 9.10. The summed E-state index contributed by atoms with van der Waals surface area (Å²) in [6.07, 6.45) is 1.95. The van der Waals surface area contributed by atoms with Crippen LogP contribution < -0.4 is 5.32 Å². The molecule has 0 bridgehead atoms. The van der Waals surface area contributed by atoms with E-state index < -0.39 is 0 Å². The van der Waals surface area contributed by atoms with Crippen molar-refractivity contribution in [2.45, 2.75) is 0 Å². The summed E-state index contributed by atoms with van der Waals surface area (Å²) in [5.74, 6) is 0. The second kappa shape index (κ2) is 4.26. The zero-order chi connectivity index (χ0) is 11.7. The Morgan fingerprint density at radius 1 is 0.882 bits per heavy atom. The van der Waals surface area contributed by atoms with Gasteiger partial charge in [-0.15, -0.1) is 0 Å². The quantitative estimate of drug-likeness (QED) is 0.704. The number of hydrogen-bond donors (Lipinski definition) is 2. The second-order valence-corrected chi connectivity index (χ2v) is 4.83. The smallest absolute Gasteiger partial charge is 0.0455 e. The predicted octanol–water partition coefficient (Wildman–Crippen LogP) is 4.67. The third kappa shape index (κ3) is 2.19. The van der Waals surface area contributed by atoms with Crippen LogP contribution >= 0.6 is 15.9 Å². The Morgan fingerprint density at radius 2 is 1.65 bits per heavy atom. The lowest BCUT2D eigenvalue weighted by atomic mass is 10.2. The van der Waals surface area contributed by atoms with E-state index in [9.17, 15) is 0 Å². The SMILES string of the molecule is Brc1ccc(Nc2ccc3[nH]ccc3c2)cc1. The standard InChI is InChI=1S/C14H11BrN2/c15-11-1-3-12(4-2-11)17-13-5-6-14-10(9-13)7-8-16-14/h1-9,16-17H. The average Bonchev–Trinajstić information content (AvgIpc) is 2.79. The molecule has 0 spiro atoms. The number of rotatable bonds is 2. The molecule has 0 fully saturated rings. The van der Waals surface area contributed by atoms with Gasteiger partial charge in [-0.3, -0.25) is 0 Å². The lowest BCUT2D eigenvalue weighted by Gasteiger charge is -2.06. The number of benzene rings is 2. The van der Waals surface area contributed by atoms with Crippen molar-refractivity contribution in [2.24, 2.45) is 0 Å². The second-order valence-electron chi connectivity index (χ2n) is 3.91. The molecule has 1 heterocycles. The molecule has 0 saturated heterocycles. The number of fused-ring (bicyclic) bond motifs is 1. The first-order valence-corrected chi connectivity index (χ1v) is 6.20. The molecule has 2 aromatic carbocycles. The molecule has 1 aromatic heterocycles. The van der Waals surface area contributed by atoms with Crippen LogP contribution in [-0.2, 0) is 0 Å². The Hall–Kier alpha value is -1.74. The van der Waals surface area contributed by atoms with E-state index in [2.05, 4.69) is 50.5 Å². The van der Waals surface area contributed by atoms with Crippen molar-refractivity contribution in [2.75, 3.05) is 5.32 Å². The highest BCUT2D eigenvalue weighted by atomic mass is 79.9. The highest BCUT2D eigenvalue weighted by Gasteiger charge is 1.98. The van der Waals surface area contributed by atoms with Crippen molar-refractivity contribution in [3.8, 4) is 0 Å². The Labute approximate surface area is 108 Å². The summed E-state index contributed by atoms with van der Waals surface area (Å²) in [4.78, 5) is 3.18. The summed E-state index contributed by atoms with van der Waals surface area (Å²) in [7, 11) is 0. The van der Waals surface area contributed by atoms with Crippen LogP contribution in [-0.4, -0.2) is 4.98 Å². The van der Waals surface area contributed by atoms with Gasteiger partial charge in [-0.05, 0) is 48.5 Å². The first kappa shape index (κ1) is 10.4. The third-order valence-electron chi connectivity index (χ3n) is 2.69. The molecule has 3 aromatic rings. The number of halogens is 1. The molecule has 0 aliphatic rings. The van der Waals surface area contributed by atoms with Crippen LogP contribution in [0.5, 0.6) is 0 Å². The van der Waals surface area contributed by atoms with Crippen molar-refractivity contribution in [1.29, 1.82) is 0 Å². The lowest BCUT2D eigenvalue weighted by molar-refractivity contribution is 1.47. The summed E-state index contributed by atoms with van der Waals surface area (Å²) < 4.78 is 1.09. The van der Waals surface area contributed by atoms with Gasteiger partial charge < -0.3 is 10.3 Å². The van der Waals surface area contributed by atoms with E-state index in [1.54, 1.807) is 0 Å². The molecule has 0 unspecified atom stereocenters. The van der Waals surface area contributed by atoms with E-state index in [0.29, 0.717) is 0 Å². The van der Waals surface area contributed by atoms with Gasteiger partial charge in [0.1, 0.15) is 0 Å². The zero-order valence-corrected chi connectivity index (χ0v) is 10.7. The monoisotopic (exact) mass is 286 g/mol. The molecule has 0 saturated carbocycles. The van der Waals surface area contributed by atoms with Gasteiger partial charge in [0.25, 0.3) is 0 Å². The maximum absolute atomic E-state index is 3.43. The van der Waals surface area contributed by atoms with E-state index in [0.717, 1.165) is 21.4 Å². The van der Waals surface area contributed by atoms with Crippen molar-refractivity contribution < 1.29 is 0 Å². The molecule has 3 heteroatoms. The van der Waals surface area contributed by atoms with Crippen molar-refractivity contribution in [3.05, 3.63) is 59.2 Å². The summed E-state index contributed by atoms with van der Waals surface area (Å²) in [5.41, 5.74) is 3.34. The summed E-state index contributed by atoms with van der Waals surface area (Å²) in [6, 6.07) is 16.5. The summed E-state index contributed by atoms with van der Waals surface area (Å²) in [5, 5.41) is 4.59. The van der Waals surface area contributed by atoms with Crippen LogP contribution in [0.15, 0.2) is 59.2 Å².